The van der Waals surface area contributed by atoms with Crippen molar-refractivity contribution in [2.24, 2.45) is 0 Å². The third-order valence-electron chi connectivity index (χ3n) is 3.57. The number of aromatic nitrogens is 1. The first-order chi connectivity index (χ1) is 10.3. The predicted octanol–water partition coefficient (Wildman–Crippen LogP) is 3.32. The fourth-order valence-electron chi connectivity index (χ4n) is 2.50. The number of ether oxygens (including phenoxy) is 1. The molecular formula is C17H21N3O. The lowest BCUT2D eigenvalue weighted by Crippen LogP contribution is -2.24. The summed E-state index contributed by atoms with van der Waals surface area (Å²) in [6.45, 7) is 3.90. The van der Waals surface area contributed by atoms with Gasteiger partial charge in [0.05, 0.1) is 30.3 Å². The Morgan fingerprint density at radius 3 is 2.81 bits per heavy atom. The van der Waals surface area contributed by atoms with E-state index < -0.39 is 0 Å². The maximum atomic E-state index is 5.93. The highest BCUT2D eigenvalue weighted by atomic mass is 16.5. The molecule has 0 spiro atoms. The second-order valence-corrected chi connectivity index (χ2v) is 5.32. The SMILES string of the molecule is CCCNc1cncc(NCC2Cc3ccccc3O2)c1. The van der Waals surface area contributed by atoms with Crippen LogP contribution in [-0.4, -0.2) is 24.2 Å². The molecule has 1 aromatic heterocycles. The van der Waals surface area contributed by atoms with Crippen molar-refractivity contribution in [3.8, 4) is 5.75 Å². The molecular weight excluding hydrogens is 262 g/mol. The molecule has 1 aromatic carbocycles. The molecule has 0 aliphatic carbocycles. The number of anilines is 2. The van der Waals surface area contributed by atoms with Crippen LogP contribution in [0, 0.1) is 0 Å². The number of hydrogen-bond donors (Lipinski definition) is 2. The Hall–Kier alpha value is -2.23. The molecule has 21 heavy (non-hydrogen) atoms. The van der Waals surface area contributed by atoms with Gasteiger partial charge in [-0.1, -0.05) is 25.1 Å². The van der Waals surface area contributed by atoms with Gasteiger partial charge in [0, 0.05) is 13.0 Å². The summed E-state index contributed by atoms with van der Waals surface area (Å²) >= 11 is 0. The number of nitrogens with one attached hydrogen (secondary N) is 2. The molecule has 4 nitrogen and oxygen atoms in total. The van der Waals surface area contributed by atoms with Crippen molar-refractivity contribution < 1.29 is 4.74 Å². The van der Waals surface area contributed by atoms with Gasteiger partial charge in [0.15, 0.2) is 0 Å². The van der Waals surface area contributed by atoms with E-state index in [9.17, 15) is 0 Å². The second-order valence-electron chi connectivity index (χ2n) is 5.32. The van der Waals surface area contributed by atoms with Crippen LogP contribution in [0.1, 0.15) is 18.9 Å². The van der Waals surface area contributed by atoms with E-state index in [-0.39, 0.29) is 6.10 Å². The van der Waals surface area contributed by atoms with Crippen LogP contribution in [-0.2, 0) is 6.42 Å². The van der Waals surface area contributed by atoms with Crippen molar-refractivity contribution in [1.82, 2.24) is 4.98 Å². The number of nitrogens with zero attached hydrogens (tertiary/aromatic N) is 1. The van der Waals surface area contributed by atoms with E-state index >= 15 is 0 Å². The van der Waals surface area contributed by atoms with Gasteiger partial charge in [-0.25, -0.2) is 0 Å². The van der Waals surface area contributed by atoms with Crippen LogP contribution in [0.2, 0.25) is 0 Å². The van der Waals surface area contributed by atoms with Gasteiger partial charge < -0.3 is 15.4 Å². The Morgan fingerprint density at radius 1 is 1.19 bits per heavy atom. The minimum Gasteiger partial charge on any atom is -0.488 e. The highest BCUT2D eigenvalue weighted by Crippen LogP contribution is 2.28. The second kappa shape index (κ2) is 6.48. The summed E-state index contributed by atoms with van der Waals surface area (Å²) in [5.74, 6) is 1.01. The molecule has 3 rings (SSSR count). The van der Waals surface area contributed by atoms with E-state index in [4.69, 9.17) is 4.74 Å². The van der Waals surface area contributed by atoms with Crippen LogP contribution in [0.25, 0.3) is 0 Å². The van der Waals surface area contributed by atoms with Gasteiger partial charge in [0.2, 0.25) is 0 Å². The standard InChI is InChI=1S/C17H21N3O/c1-2-7-19-14-9-15(11-18-10-14)20-12-16-8-13-5-3-4-6-17(13)21-16/h3-6,9-11,16,19-20H,2,7-8,12H2,1H3. The lowest BCUT2D eigenvalue weighted by Gasteiger charge is -2.13. The van der Waals surface area contributed by atoms with Gasteiger partial charge >= 0.3 is 0 Å². The Bertz CT molecular complexity index is 575. The fraction of sp³-hybridized carbons (Fsp3) is 0.353. The molecule has 2 N–H and O–H groups in total. The summed E-state index contributed by atoms with van der Waals surface area (Å²) in [7, 11) is 0. The lowest BCUT2D eigenvalue weighted by atomic mass is 10.1. The Kier molecular flexibility index (Phi) is 4.24. The van der Waals surface area contributed by atoms with Crippen LogP contribution < -0.4 is 15.4 Å². The zero-order valence-electron chi connectivity index (χ0n) is 12.3. The molecule has 0 saturated carbocycles. The van der Waals surface area contributed by atoms with Crippen molar-refractivity contribution >= 4 is 11.4 Å². The summed E-state index contributed by atoms with van der Waals surface area (Å²) in [5.41, 5.74) is 3.37. The first-order valence-electron chi connectivity index (χ1n) is 7.52. The lowest BCUT2D eigenvalue weighted by molar-refractivity contribution is 0.246. The maximum Gasteiger partial charge on any atom is 0.123 e. The average Bonchev–Trinajstić information content (AvgIpc) is 2.94. The van der Waals surface area contributed by atoms with E-state index in [2.05, 4.69) is 40.7 Å². The number of pyridine rings is 1. The molecule has 0 saturated heterocycles. The fourth-order valence-corrected chi connectivity index (χ4v) is 2.50. The molecule has 1 atom stereocenters. The van der Waals surface area contributed by atoms with E-state index in [0.29, 0.717) is 0 Å². The number of fused-ring (bicyclic) bond motifs is 1. The van der Waals surface area contributed by atoms with Crippen LogP contribution in [0.15, 0.2) is 42.7 Å². The van der Waals surface area contributed by atoms with Gasteiger partial charge in [-0.05, 0) is 24.1 Å². The third-order valence-corrected chi connectivity index (χ3v) is 3.57. The summed E-state index contributed by atoms with van der Waals surface area (Å²) < 4.78 is 5.93. The zero-order chi connectivity index (χ0) is 14.5. The smallest absolute Gasteiger partial charge is 0.123 e. The van der Waals surface area contributed by atoms with E-state index in [1.165, 1.54) is 5.56 Å². The van der Waals surface area contributed by atoms with Gasteiger partial charge in [-0.15, -0.1) is 0 Å². The predicted molar refractivity (Wildman–Crippen MR) is 86.1 cm³/mol. The molecule has 2 heterocycles. The van der Waals surface area contributed by atoms with Crippen LogP contribution in [0.4, 0.5) is 11.4 Å². The Morgan fingerprint density at radius 2 is 2.00 bits per heavy atom. The molecule has 1 unspecified atom stereocenters. The first kappa shape index (κ1) is 13.7. The number of para-hydroxylation sites is 1. The normalized spacial score (nSPS) is 16.1. The summed E-state index contributed by atoms with van der Waals surface area (Å²) in [5, 5.41) is 6.75. The van der Waals surface area contributed by atoms with Gasteiger partial charge in [-0.2, -0.15) is 0 Å². The summed E-state index contributed by atoms with van der Waals surface area (Å²) in [6.07, 6.45) is 5.95. The minimum absolute atomic E-state index is 0.189. The summed E-state index contributed by atoms with van der Waals surface area (Å²) in [4.78, 5) is 4.26. The molecule has 0 fully saturated rings. The van der Waals surface area contributed by atoms with Crippen molar-refractivity contribution in [3.05, 3.63) is 48.3 Å². The van der Waals surface area contributed by atoms with Crippen LogP contribution in [0.5, 0.6) is 5.75 Å². The molecule has 0 amide bonds. The largest absolute Gasteiger partial charge is 0.488 e. The Balaban J connectivity index is 1.54. The molecule has 0 bridgehead atoms. The van der Waals surface area contributed by atoms with Crippen molar-refractivity contribution in [1.29, 1.82) is 0 Å². The summed E-state index contributed by atoms with van der Waals surface area (Å²) in [6, 6.07) is 10.3. The molecule has 110 valence electrons. The molecule has 2 aromatic rings. The maximum absolute atomic E-state index is 5.93. The average molecular weight is 283 g/mol. The molecule has 1 aliphatic rings. The quantitative estimate of drug-likeness (QED) is 0.853. The van der Waals surface area contributed by atoms with Gasteiger partial charge in [-0.3, -0.25) is 4.98 Å². The highest BCUT2D eigenvalue weighted by molar-refractivity contribution is 5.54. The Labute approximate surface area is 125 Å². The van der Waals surface area contributed by atoms with Gasteiger partial charge in [0.1, 0.15) is 11.9 Å². The zero-order valence-corrected chi connectivity index (χ0v) is 12.3. The van der Waals surface area contributed by atoms with Crippen molar-refractivity contribution in [2.75, 3.05) is 23.7 Å². The minimum atomic E-state index is 0.189. The highest BCUT2D eigenvalue weighted by Gasteiger charge is 2.21. The van der Waals surface area contributed by atoms with E-state index in [1.807, 2.05) is 24.5 Å². The topological polar surface area (TPSA) is 46.2 Å². The number of benzene rings is 1. The molecule has 1 aliphatic heterocycles. The monoisotopic (exact) mass is 283 g/mol. The third kappa shape index (κ3) is 3.45. The van der Waals surface area contributed by atoms with Gasteiger partial charge in [0.25, 0.3) is 0 Å². The van der Waals surface area contributed by atoms with Crippen LogP contribution >= 0.6 is 0 Å². The van der Waals surface area contributed by atoms with Crippen molar-refractivity contribution in [3.63, 3.8) is 0 Å². The number of hydrogen-bond acceptors (Lipinski definition) is 4. The van der Waals surface area contributed by atoms with Crippen molar-refractivity contribution in [2.45, 2.75) is 25.9 Å². The molecule has 4 heteroatoms. The first-order valence-corrected chi connectivity index (χ1v) is 7.52. The van der Waals surface area contributed by atoms with E-state index in [1.54, 1.807) is 0 Å². The van der Waals surface area contributed by atoms with E-state index in [0.717, 1.165) is 43.1 Å². The van der Waals surface area contributed by atoms with Crippen LogP contribution in [0.3, 0.4) is 0 Å². The number of rotatable bonds is 6. The molecule has 0 radical (unpaired) electrons.